The summed E-state index contributed by atoms with van der Waals surface area (Å²) in [6, 6.07) is 3.86. The lowest BCUT2D eigenvalue weighted by molar-refractivity contribution is 0.0520. The summed E-state index contributed by atoms with van der Waals surface area (Å²) in [5.41, 5.74) is 6.48. The van der Waals surface area contributed by atoms with Crippen molar-refractivity contribution in [3.05, 3.63) is 23.2 Å². The van der Waals surface area contributed by atoms with Gasteiger partial charge in [-0.1, -0.05) is 11.3 Å². The molecule has 0 unspecified atom stereocenters. The first-order valence-corrected chi connectivity index (χ1v) is 7.00. The van der Waals surface area contributed by atoms with Crippen LogP contribution in [0.2, 0.25) is 0 Å². The number of carbonyl (C=O) groups excluding carboxylic acids is 1. The second-order valence-corrected chi connectivity index (χ2v) is 4.80. The second-order valence-electron chi connectivity index (χ2n) is 3.85. The summed E-state index contributed by atoms with van der Waals surface area (Å²) in [5.74, 6) is -0.440. The van der Waals surface area contributed by atoms with E-state index in [9.17, 15) is 4.79 Å². The number of rotatable bonds is 6. The van der Waals surface area contributed by atoms with Gasteiger partial charge in [0.05, 0.1) is 11.5 Å². The van der Waals surface area contributed by atoms with Gasteiger partial charge in [0.25, 0.3) is 0 Å². The van der Waals surface area contributed by atoms with Crippen LogP contribution >= 0.6 is 11.3 Å². The van der Waals surface area contributed by atoms with Gasteiger partial charge >= 0.3 is 5.97 Å². The summed E-state index contributed by atoms with van der Waals surface area (Å²) in [4.78, 5) is 12.8. The Balaban J connectivity index is 2.38. The minimum atomic E-state index is -0.440. The first-order chi connectivity index (χ1) is 9.27. The Morgan fingerprint density at radius 1 is 1.58 bits per heavy atom. The SMILES string of the molecule is CCOC(=O)c1nnn(CCCN)c1-c1cccs1. The van der Waals surface area contributed by atoms with E-state index >= 15 is 0 Å². The van der Waals surface area contributed by atoms with Crippen molar-refractivity contribution >= 4 is 17.3 Å². The maximum absolute atomic E-state index is 11.9. The minimum absolute atomic E-state index is 0.265. The van der Waals surface area contributed by atoms with Gasteiger partial charge in [-0.3, -0.25) is 0 Å². The van der Waals surface area contributed by atoms with Crippen molar-refractivity contribution < 1.29 is 9.53 Å². The Morgan fingerprint density at radius 3 is 3.05 bits per heavy atom. The van der Waals surface area contributed by atoms with Gasteiger partial charge in [-0.2, -0.15) is 0 Å². The van der Waals surface area contributed by atoms with Gasteiger partial charge in [0, 0.05) is 6.54 Å². The molecular weight excluding hydrogens is 264 g/mol. The maximum atomic E-state index is 11.9. The van der Waals surface area contributed by atoms with Crippen LogP contribution in [0.4, 0.5) is 0 Å². The molecule has 0 radical (unpaired) electrons. The highest BCUT2D eigenvalue weighted by molar-refractivity contribution is 7.13. The smallest absolute Gasteiger partial charge is 0.361 e. The van der Waals surface area contributed by atoms with Crippen LogP contribution in [0, 0.1) is 0 Å². The zero-order valence-corrected chi connectivity index (χ0v) is 11.5. The van der Waals surface area contributed by atoms with Gasteiger partial charge in [0.1, 0.15) is 5.69 Å². The van der Waals surface area contributed by atoms with E-state index in [1.54, 1.807) is 11.6 Å². The van der Waals surface area contributed by atoms with Crippen molar-refractivity contribution in [2.45, 2.75) is 19.9 Å². The molecule has 2 aromatic rings. The van der Waals surface area contributed by atoms with Gasteiger partial charge in [0.2, 0.25) is 0 Å². The van der Waals surface area contributed by atoms with Crippen LogP contribution in [0.15, 0.2) is 17.5 Å². The zero-order chi connectivity index (χ0) is 13.7. The summed E-state index contributed by atoms with van der Waals surface area (Å²) in [6.07, 6.45) is 0.782. The highest BCUT2D eigenvalue weighted by Crippen LogP contribution is 2.27. The summed E-state index contributed by atoms with van der Waals surface area (Å²) >= 11 is 1.54. The molecule has 2 aromatic heterocycles. The molecule has 2 rings (SSSR count). The van der Waals surface area contributed by atoms with E-state index < -0.39 is 5.97 Å². The number of hydrogen-bond acceptors (Lipinski definition) is 6. The van der Waals surface area contributed by atoms with E-state index in [-0.39, 0.29) is 5.69 Å². The summed E-state index contributed by atoms with van der Waals surface area (Å²) < 4.78 is 6.72. The Kier molecular flexibility index (Phi) is 4.64. The van der Waals surface area contributed by atoms with Crippen LogP contribution in [-0.4, -0.2) is 34.1 Å². The van der Waals surface area contributed by atoms with Gasteiger partial charge in [-0.05, 0) is 31.3 Å². The number of thiophene rings is 1. The fraction of sp³-hybridized carbons (Fsp3) is 0.417. The molecule has 6 nitrogen and oxygen atoms in total. The van der Waals surface area contributed by atoms with Crippen molar-refractivity contribution in [1.82, 2.24) is 15.0 Å². The molecule has 2 heterocycles. The Hall–Kier alpha value is -1.73. The van der Waals surface area contributed by atoms with E-state index in [0.29, 0.717) is 25.4 Å². The van der Waals surface area contributed by atoms with Crippen molar-refractivity contribution in [2.75, 3.05) is 13.2 Å². The first-order valence-electron chi connectivity index (χ1n) is 6.12. The zero-order valence-electron chi connectivity index (χ0n) is 10.7. The number of nitrogens with zero attached hydrogens (tertiary/aromatic N) is 3. The average Bonchev–Trinajstić information content (AvgIpc) is 3.05. The predicted octanol–water partition coefficient (Wildman–Crippen LogP) is 1.53. The van der Waals surface area contributed by atoms with Crippen molar-refractivity contribution in [2.24, 2.45) is 5.73 Å². The molecular formula is C12H16N4O2S. The minimum Gasteiger partial charge on any atom is -0.461 e. The fourth-order valence-corrected chi connectivity index (χ4v) is 2.48. The Bertz CT molecular complexity index is 536. The lowest BCUT2D eigenvalue weighted by Gasteiger charge is -2.05. The topological polar surface area (TPSA) is 83.0 Å². The molecule has 0 saturated carbocycles. The number of ether oxygens (including phenoxy) is 1. The van der Waals surface area contributed by atoms with Crippen LogP contribution in [0.1, 0.15) is 23.8 Å². The van der Waals surface area contributed by atoms with Gasteiger partial charge in [0.15, 0.2) is 5.69 Å². The van der Waals surface area contributed by atoms with Crippen LogP contribution in [0.25, 0.3) is 10.6 Å². The molecule has 0 atom stereocenters. The van der Waals surface area contributed by atoms with Crippen molar-refractivity contribution in [3.8, 4) is 10.6 Å². The van der Waals surface area contributed by atoms with Crippen LogP contribution in [0.3, 0.4) is 0 Å². The molecule has 19 heavy (non-hydrogen) atoms. The first kappa shape index (κ1) is 13.7. The van der Waals surface area contributed by atoms with E-state index in [1.807, 2.05) is 17.5 Å². The molecule has 0 bridgehead atoms. The summed E-state index contributed by atoms with van der Waals surface area (Å²) in [5, 5.41) is 9.93. The van der Waals surface area contributed by atoms with E-state index in [0.717, 1.165) is 11.3 Å². The number of esters is 1. The largest absolute Gasteiger partial charge is 0.461 e. The molecule has 0 amide bonds. The number of hydrogen-bond donors (Lipinski definition) is 1. The number of nitrogens with two attached hydrogens (primary N) is 1. The maximum Gasteiger partial charge on any atom is 0.361 e. The second kappa shape index (κ2) is 6.44. The highest BCUT2D eigenvalue weighted by atomic mass is 32.1. The molecule has 7 heteroatoms. The summed E-state index contributed by atoms with van der Waals surface area (Å²) in [6.45, 7) is 3.29. The molecule has 0 aromatic carbocycles. The van der Waals surface area contributed by atoms with Crippen molar-refractivity contribution in [3.63, 3.8) is 0 Å². The fourth-order valence-electron chi connectivity index (χ4n) is 1.70. The molecule has 0 spiro atoms. The number of aromatic nitrogens is 3. The van der Waals surface area contributed by atoms with E-state index in [1.165, 1.54) is 11.3 Å². The number of carbonyl (C=O) groups is 1. The third-order valence-corrected chi connectivity index (χ3v) is 3.41. The van der Waals surface area contributed by atoms with E-state index in [4.69, 9.17) is 10.5 Å². The monoisotopic (exact) mass is 280 g/mol. The molecule has 0 aliphatic rings. The van der Waals surface area contributed by atoms with Gasteiger partial charge < -0.3 is 10.5 Å². The third-order valence-electron chi connectivity index (χ3n) is 2.53. The molecule has 0 saturated heterocycles. The summed E-state index contributed by atoms with van der Waals surface area (Å²) in [7, 11) is 0. The molecule has 2 N–H and O–H groups in total. The quantitative estimate of drug-likeness (QED) is 0.811. The number of aryl methyl sites for hydroxylation is 1. The van der Waals surface area contributed by atoms with Crippen LogP contribution < -0.4 is 5.73 Å². The lowest BCUT2D eigenvalue weighted by atomic mass is 10.2. The Morgan fingerprint density at radius 2 is 2.42 bits per heavy atom. The van der Waals surface area contributed by atoms with Crippen molar-refractivity contribution in [1.29, 1.82) is 0 Å². The van der Waals surface area contributed by atoms with Gasteiger partial charge in [-0.15, -0.1) is 16.4 Å². The molecule has 0 fully saturated rings. The normalized spacial score (nSPS) is 10.6. The third kappa shape index (κ3) is 2.99. The molecule has 102 valence electrons. The van der Waals surface area contributed by atoms with Gasteiger partial charge in [-0.25, -0.2) is 9.48 Å². The average molecular weight is 280 g/mol. The van der Waals surface area contributed by atoms with Crippen LogP contribution in [0.5, 0.6) is 0 Å². The standard InChI is InChI=1S/C12H16N4O2S/c1-2-18-12(17)10-11(9-5-3-8-19-9)16(15-14-10)7-4-6-13/h3,5,8H,2,4,6-7,13H2,1H3. The highest BCUT2D eigenvalue weighted by Gasteiger charge is 2.22. The van der Waals surface area contributed by atoms with E-state index in [2.05, 4.69) is 10.3 Å². The van der Waals surface area contributed by atoms with Crippen LogP contribution in [-0.2, 0) is 11.3 Å². The lowest BCUT2D eigenvalue weighted by Crippen LogP contribution is -2.10. The molecule has 0 aliphatic heterocycles. The molecule has 0 aliphatic carbocycles. The Labute approximate surface area is 115 Å². The predicted molar refractivity (Wildman–Crippen MR) is 73.0 cm³/mol.